The van der Waals surface area contributed by atoms with E-state index < -0.39 is 0 Å². The Morgan fingerprint density at radius 1 is 1.26 bits per heavy atom. The van der Waals surface area contributed by atoms with Crippen molar-refractivity contribution in [1.82, 2.24) is 0 Å². The fourth-order valence-corrected chi connectivity index (χ4v) is 3.38. The third-order valence-electron chi connectivity index (χ3n) is 4.53. The molecule has 4 atom stereocenters. The lowest BCUT2D eigenvalue weighted by Crippen LogP contribution is -2.34. The predicted molar refractivity (Wildman–Crippen MR) is 74.7 cm³/mol. The highest BCUT2D eigenvalue weighted by Crippen LogP contribution is 2.33. The molecule has 0 amide bonds. The van der Waals surface area contributed by atoms with Gasteiger partial charge in [0.2, 0.25) is 0 Å². The molecule has 3 nitrogen and oxygen atoms in total. The lowest BCUT2D eigenvalue weighted by Gasteiger charge is -2.34. The lowest BCUT2D eigenvalue weighted by atomic mass is 9.78. The summed E-state index contributed by atoms with van der Waals surface area (Å²) in [5.41, 5.74) is 0. The zero-order valence-corrected chi connectivity index (χ0v) is 12.1. The Bertz CT molecular complexity index is 294. The van der Waals surface area contributed by atoms with Crippen molar-refractivity contribution >= 4 is 0 Å². The van der Waals surface area contributed by atoms with E-state index in [1.165, 1.54) is 32.1 Å². The van der Waals surface area contributed by atoms with Crippen LogP contribution in [0.2, 0.25) is 0 Å². The first-order valence-electron chi connectivity index (χ1n) is 7.96. The molecule has 0 aromatic carbocycles. The molecule has 2 fully saturated rings. The number of rotatable bonds is 5. The van der Waals surface area contributed by atoms with Gasteiger partial charge in [0, 0.05) is 6.61 Å². The minimum Gasteiger partial charge on any atom is -0.376 e. The van der Waals surface area contributed by atoms with Crippen LogP contribution in [0.4, 0.5) is 0 Å². The van der Waals surface area contributed by atoms with Gasteiger partial charge in [0.05, 0.1) is 30.8 Å². The normalized spacial score (nSPS) is 35.8. The summed E-state index contributed by atoms with van der Waals surface area (Å²) in [6.07, 6.45) is 9.74. The van der Waals surface area contributed by atoms with Gasteiger partial charge in [-0.1, -0.05) is 19.8 Å². The highest BCUT2D eigenvalue weighted by Gasteiger charge is 2.31. The van der Waals surface area contributed by atoms with Gasteiger partial charge in [0.25, 0.3) is 0 Å². The van der Waals surface area contributed by atoms with Crippen LogP contribution in [0.5, 0.6) is 0 Å². The molecule has 19 heavy (non-hydrogen) atoms. The number of hydrogen-bond donors (Lipinski definition) is 0. The fraction of sp³-hybridized carbons (Fsp3) is 0.938. The third kappa shape index (κ3) is 4.47. The quantitative estimate of drug-likeness (QED) is 0.761. The number of ether oxygens (including phenoxy) is 2. The molecule has 2 aliphatic rings. The Balaban J connectivity index is 1.78. The molecular weight excluding hydrogens is 238 g/mol. The summed E-state index contributed by atoms with van der Waals surface area (Å²) in [5, 5.41) is 9.25. The third-order valence-corrected chi connectivity index (χ3v) is 4.53. The van der Waals surface area contributed by atoms with Gasteiger partial charge in [-0.3, -0.25) is 0 Å². The molecule has 4 unspecified atom stereocenters. The molecule has 1 saturated carbocycles. The molecule has 1 aliphatic carbocycles. The van der Waals surface area contributed by atoms with Crippen molar-refractivity contribution < 1.29 is 9.47 Å². The first kappa shape index (κ1) is 14.8. The number of nitriles is 1. The number of nitrogens with zero attached hydrogens (tertiary/aromatic N) is 1. The molecule has 0 spiro atoms. The first-order valence-corrected chi connectivity index (χ1v) is 7.96. The lowest BCUT2D eigenvalue weighted by molar-refractivity contribution is -0.0840. The van der Waals surface area contributed by atoms with E-state index in [1.807, 2.05) is 0 Å². The van der Waals surface area contributed by atoms with Crippen LogP contribution in [0, 0.1) is 23.2 Å². The van der Waals surface area contributed by atoms with Crippen LogP contribution < -0.4 is 0 Å². The SMILES string of the molecule is CCCC1CCC(C#N)C(OCC2CCCCO2)C1. The Kier molecular flexibility index (Phi) is 6.13. The second-order valence-corrected chi connectivity index (χ2v) is 6.06. The minimum atomic E-state index is 0.0942. The van der Waals surface area contributed by atoms with Crippen molar-refractivity contribution in [1.29, 1.82) is 5.26 Å². The van der Waals surface area contributed by atoms with Gasteiger partial charge in [-0.2, -0.15) is 5.26 Å². The van der Waals surface area contributed by atoms with Crippen LogP contribution in [-0.4, -0.2) is 25.4 Å². The second kappa shape index (κ2) is 7.87. The summed E-state index contributed by atoms with van der Waals surface area (Å²) in [4.78, 5) is 0. The van der Waals surface area contributed by atoms with E-state index in [9.17, 15) is 5.26 Å². The summed E-state index contributed by atoms with van der Waals surface area (Å²) in [5.74, 6) is 0.851. The average Bonchev–Trinajstić information content (AvgIpc) is 2.47. The average molecular weight is 265 g/mol. The molecule has 0 aromatic rings. The van der Waals surface area contributed by atoms with E-state index >= 15 is 0 Å². The van der Waals surface area contributed by atoms with E-state index in [2.05, 4.69) is 13.0 Å². The summed E-state index contributed by atoms with van der Waals surface area (Å²) in [6, 6.07) is 2.44. The monoisotopic (exact) mass is 265 g/mol. The molecule has 1 heterocycles. The molecule has 0 N–H and O–H groups in total. The van der Waals surface area contributed by atoms with Crippen molar-refractivity contribution in [3.63, 3.8) is 0 Å². The van der Waals surface area contributed by atoms with Gasteiger partial charge in [0.15, 0.2) is 0 Å². The van der Waals surface area contributed by atoms with Crippen LogP contribution in [0.1, 0.15) is 58.3 Å². The van der Waals surface area contributed by atoms with Gasteiger partial charge in [-0.15, -0.1) is 0 Å². The van der Waals surface area contributed by atoms with Crippen molar-refractivity contribution in [2.45, 2.75) is 70.5 Å². The number of hydrogen-bond acceptors (Lipinski definition) is 3. The van der Waals surface area contributed by atoms with Crippen molar-refractivity contribution in [2.75, 3.05) is 13.2 Å². The molecule has 0 radical (unpaired) electrons. The Hall–Kier alpha value is -0.590. The van der Waals surface area contributed by atoms with Crippen LogP contribution in [0.3, 0.4) is 0 Å². The van der Waals surface area contributed by atoms with Crippen molar-refractivity contribution in [3.05, 3.63) is 0 Å². The van der Waals surface area contributed by atoms with E-state index in [-0.39, 0.29) is 18.1 Å². The maximum absolute atomic E-state index is 9.25. The summed E-state index contributed by atoms with van der Waals surface area (Å²) >= 11 is 0. The maximum atomic E-state index is 9.25. The van der Waals surface area contributed by atoms with Crippen molar-refractivity contribution in [3.8, 4) is 6.07 Å². The van der Waals surface area contributed by atoms with Crippen LogP contribution in [0.25, 0.3) is 0 Å². The first-order chi connectivity index (χ1) is 9.33. The predicted octanol–water partition coefficient (Wildman–Crippen LogP) is 3.68. The van der Waals surface area contributed by atoms with Crippen molar-refractivity contribution in [2.24, 2.45) is 11.8 Å². The summed E-state index contributed by atoms with van der Waals surface area (Å²) in [6.45, 7) is 3.79. The van der Waals surface area contributed by atoms with Crippen LogP contribution in [0.15, 0.2) is 0 Å². The van der Waals surface area contributed by atoms with Gasteiger partial charge in [-0.05, 0) is 44.4 Å². The van der Waals surface area contributed by atoms with E-state index in [0.29, 0.717) is 6.61 Å². The fourth-order valence-electron chi connectivity index (χ4n) is 3.38. The molecule has 3 heteroatoms. The Morgan fingerprint density at radius 2 is 2.16 bits per heavy atom. The second-order valence-electron chi connectivity index (χ2n) is 6.06. The van der Waals surface area contributed by atoms with E-state index in [1.54, 1.807) is 0 Å². The van der Waals surface area contributed by atoms with Gasteiger partial charge in [0.1, 0.15) is 0 Å². The van der Waals surface area contributed by atoms with Gasteiger partial charge < -0.3 is 9.47 Å². The molecule has 2 rings (SSSR count). The topological polar surface area (TPSA) is 42.2 Å². The molecule has 1 aliphatic heterocycles. The molecule has 0 bridgehead atoms. The highest BCUT2D eigenvalue weighted by atomic mass is 16.5. The van der Waals surface area contributed by atoms with Gasteiger partial charge in [-0.25, -0.2) is 0 Å². The molecule has 108 valence electrons. The summed E-state index contributed by atoms with van der Waals surface area (Å²) < 4.78 is 11.8. The minimum absolute atomic E-state index is 0.0942. The van der Waals surface area contributed by atoms with Crippen LogP contribution in [-0.2, 0) is 9.47 Å². The Morgan fingerprint density at radius 3 is 2.84 bits per heavy atom. The molecule has 1 saturated heterocycles. The molecule has 0 aromatic heterocycles. The van der Waals surface area contributed by atoms with E-state index in [4.69, 9.17) is 9.47 Å². The van der Waals surface area contributed by atoms with Gasteiger partial charge >= 0.3 is 0 Å². The van der Waals surface area contributed by atoms with E-state index in [0.717, 1.165) is 31.8 Å². The molecular formula is C16H27NO2. The summed E-state index contributed by atoms with van der Waals surface area (Å²) in [7, 11) is 0. The van der Waals surface area contributed by atoms with Crippen LogP contribution >= 0.6 is 0 Å². The standard InChI is InChI=1S/C16H27NO2/c1-2-5-13-7-8-14(11-17)16(10-13)19-12-15-6-3-4-9-18-15/h13-16H,2-10,12H2,1H3. The Labute approximate surface area is 117 Å². The highest BCUT2D eigenvalue weighted by molar-refractivity contribution is 4.94. The largest absolute Gasteiger partial charge is 0.376 e. The smallest absolute Gasteiger partial charge is 0.0808 e. The zero-order chi connectivity index (χ0) is 13.5. The zero-order valence-electron chi connectivity index (χ0n) is 12.1. The maximum Gasteiger partial charge on any atom is 0.0808 e.